The highest BCUT2D eigenvalue weighted by Crippen LogP contribution is 2.43. The SMILES string of the molecule is CC1(CN2CC3CCCC3C2C(N)=O)CCNC1. The van der Waals surface area contributed by atoms with Crippen LogP contribution in [0.25, 0.3) is 0 Å². The number of nitrogens with zero attached hydrogens (tertiary/aromatic N) is 1. The standard InChI is InChI=1S/C14H25N3O/c1-14(5-6-16-8-14)9-17-7-10-3-2-4-11(10)12(17)13(15)18/h10-12,16H,2-9H2,1H3,(H2,15,18). The molecule has 18 heavy (non-hydrogen) atoms. The first kappa shape index (κ1) is 12.4. The van der Waals surface area contributed by atoms with Crippen LogP contribution in [0.4, 0.5) is 0 Å². The average molecular weight is 251 g/mol. The molecule has 0 aromatic rings. The van der Waals surface area contributed by atoms with Crippen molar-refractivity contribution in [2.45, 2.75) is 38.6 Å². The molecule has 0 spiro atoms. The van der Waals surface area contributed by atoms with Crippen molar-refractivity contribution in [3.8, 4) is 0 Å². The van der Waals surface area contributed by atoms with Crippen molar-refractivity contribution in [2.24, 2.45) is 23.0 Å². The van der Waals surface area contributed by atoms with Gasteiger partial charge < -0.3 is 11.1 Å². The number of fused-ring (bicyclic) bond motifs is 1. The Labute approximate surface area is 109 Å². The maximum absolute atomic E-state index is 11.8. The highest BCUT2D eigenvalue weighted by Gasteiger charge is 2.48. The van der Waals surface area contributed by atoms with E-state index in [0.717, 1.165) is 32.1 Å². The first-order chi connectivity index (χ1) is 8.59. The highest BCUT2D eigenvalue weighted by molar-refractivity contribution is 5.80. The van der Waals surface area contributed by atoms with Gasteiger partial charge >= 0.3 is 0 Å². The molecule has 0 aromatic heterocycles. The minimum Gasteiger partial charge on any atom is -0.368 e. The molecule has 2 saturated heterocycles. The minimum atomic E-state index is -0.0982. The number of likely N-dealkylation sites (tertiary alicyclic amines) is 1. The van der Waals surface area contributed by atoms with Crippen LogP contribution in [0.2, 0.25) is 0 Å². The number of nitrogens with two attached hydrogens (primary N) is 1. The third-order valence-electron chi connectivity index (χ3n) is 5.32. The van der Waals surface area contributed by atoms with Gasteiger partial charge in [-0.3, -0.25) is 9.69 Å². The molecule has 4 atom stereocenters. The monoisotopic (exact) mass is 251 g/mol. The van der Waals surface area contributed by atoms with Crippen molar-refractivity contribution in [1.82, 2.24) is 10.2 Å². The first-order valence-corrected chi connectivity index (χ1v) is 7.33. The van der Waals surface area contributed by atoms with Crippen LogP contribution < -0.4 is 11.1 Å². The first-order valence-electron chi connectivity index (χ1n) is 7.33. The van der Waals surface area contributed by atoms with Crippen molar-refractivity contribution in [2.75, 3.05) is 26.2 Å². The fourth-order valence-electron chi connectivity index (χ4n) is 4.44. The van der Waals surface area contributed by atoms with Gasteiger partial charge in [-0.1, -0.05) is 13.3 Å². The van der Waals surface area contributed by atoms with Gasteiger partial charge in [0.2, 0.25) is 5.91 Å². The largest absolute Gasteiger partial charge is 0.368 e. The predicted octanol–water partition coefficient (Wildman–Crippen LogP) is 0.572. The van der Waals surface area contributed by atoms with Gasteiger partial charge in [-0.05, 0) is 43.1 Å². The zero-order chi connectivity index (χ0) is 12.8. The van der Waals surface area contributed by atoms with Crippen molar-refractivity contribution in [1.29, 1.82) is 0 Å². The van der Waals surface area contributed by atoms with Crippen LogP contribution in [-0.4, -0.2) is 43.0 Å². The molecule has 2 aliphatic heterocycles. The lowest BCUT2D eigenvalue weighted by molar-refractivity contribution is -0.123. The predicted molar refractivity (Wildman–Crippen MR) is 71.0 cm³/mol. The summed E-state index contributed by atoms with van der Waals surface area (Å²) < 4.78 is 0. The average Bonchev–Trinajstić information content (AvgIpc) is 2.93. The summed E-state index contributed by atoms with van der Waals surface area (Å²) in [7, 11) is 0. The molecule has 2 heterocycles. The van der Waals surface area contributed by atoms with E-state index in [1.54, 1.807) is 0 Å². The second-order valence-electron chi connectivity index (χ2n) is 6.87. The lowest BCUT2D eigenvalue weighted by Crippen LogP contribution is -2.48. The molecule has 4 unspecified atom stereocenters. The molecule has 4 heteroatoms. The Morgan fingerprint density at radius 1 is 1.50 bits per heavy atom. The molecule has 0 radical (unpaired) electrons. The number of amides is 1. The maximum Gasteiger partial charge on any atom is 0.235 e. The van der Waals surface area contributed by atoms with Gasteiger partial charge in [0.05, 0.1) is 6.04 Å². The highest BCUT2D eigenvalue weighted by atomic mass is 16.1. The molecule has 102 valence electrons. The molecule has 1 aliphatic carbocycles. The Bertz CT molecular complexity index is 338. The van der Waals surface area contributed by atoms with Crippen LogP contribution in [0.15, 0.2) is 0 Å². The number of primary amides is 1. The Morgan fingerprint density at radius 2 is 2.33 bits per heavy atom. The Hall–Kier alpha value is -0.610. The molecular formula is C14H25N3O. The molecule has 3 rings (SSSR count). The van der Waals surface area contributed by atoms with E-state index in [4.69, 9.17) is 5.73 Å². The van der Waals surface area contributed by atoms with Gasteiger partial charge in [0.1, 0.15) is 0 Å². The molecule has 3 aliphatic rings. The summed E-state index contributed by atoms with van der Waals surface area (Å²) in [6.07, 6.45) is 4.99. The maximum atomic E-state index is 11.8. The van der Waals surface area contributed by atoms with Crippen molar-refractivity contribution >= 4 is 5.91 Å². The molecular weight excluding hydrogens is 226 g/mol. The molecule has 1 amide bonds. The van der Waals surface area contributed by atoms with Crippen LogP contribution in [0.3, 0.4) is 0 Å². The van der Waals surface area contributed by atoms with Crippen molar-refractivity contribution in [3.05, 3.63) is 0 Å². The van der Waals surface area contributed by atoms with E-state index in [2.05, 4.69) is 17.1 Å². The summed E-state index contributed by atoms with van der Waals surface area (Å²) in [5.74, 6) is 1.17. The lowest BCUT2D eigenvalue weighted by Gasteiger charge is -2.33. The summed E-state index contributed by atoms with van der Waals surface area (Å²) in [4.78, 5) is 14.2. The second-order valence-corrected chi connectivity index (χ2v) is 6.87. The van der Waals surface area contributed by atoms with Gasteiger partial charge in [-0.15, -0.1) is 0 Å². The van der Waals surface area contributed by atoms with Crippen LogP contribution >= 0.6 is 0 Å². The van der Waals surface area contributed by atoms with Crippen LogP contribution in [-0.2, 0) is 4.79 Å². The fraction of sp³-hybridized carbons (Fsp3) is 0.929. The number of nitrogens with one attached hydrogen (secondary N) is 1. The van der Waals surface area contributed by atoms with Gasteiger partial charge in [0.15, 0.2) is 0 Å². The Balaban J connectivity index is 1.73. The second kappa shape index (κ2) is 4.49. The number of hydrogen-bond acceptors (Lipinski definition) is 3. The van der Waals surface area contributed by atoms with Crippen molar-refractivity contribution in [3.63, 3.8) is 0 Å². The van der Waals surface area contributed by atoms with E-state index in [1.807, 2.05) is 0 Å². The number of rotatable bonds is 3. The van der Waals surface area contributed by atoms with Crippen LogP contribution in [0, 0.1) is 17.3 Å². The smallest absolute Gasteiger partial charge is 0.235 e. The van der Waals surface area contributed by atoms with Crippen LogP contribution in [0.5, 0.6) is 0 Å². The third-order valence-corrected chi connectivity index (χ3v) is 5.32. The summed E-state index contributed by atoms with van der Waals surface area (Å²) in [6.45, 7) is 6.64. The summed E-state index contributed by atoms with van der Waals surface area (Å²) in [5, 5.41) is 3.44. The molecule has 1 saturated carbocycles. The summed E-state index contributed by atoms with van der Waals surface area (Å²) >= 11 is 0. The van der Waals surface area contributed by atoms with E-state index >= 15 is 0 Å². The van der Waals surface area contributed by atoms with Gasteiger partial charge in [-0.25, -0.2) is 0 Å². The van der Waals surface area contributed by atoms with E-state index in [9.17, 15) is 4.79 Å². The van der Waals surface area contributed by atoms with E-state index in [-0.39, 0.29) is 11.9 Å². The van der Waals surface area contributed by atoms with Gasteiger partial charge in [0, 0.05) is 19.6 Å². The zero-order valence-electron chi connectivity index (χ0n) is 11.3. The quantitative estimate of drug-likeness (QED) is 0.771. The Kier molecular flexibility index (Phi) is 3.10. The van der Waals surface area contributed by atoms with Crippen LogP contribution in [0.1, 0.15) is 32.6 Å². The molecule has 3 N–H and O–H groups in total. The van der Waals surface area contributed by atoms with Gasteiger partial charge in [0.25, 0.3) is 0 Å². The molecule has 0 bridgehead atoms. The van der Waals surface area contributed by atoms with Gasteiger partial charge in [-0.2, -0.15) is 0 Å². The topological polar surface area (TPSA) is 58.4 Å². The molecule has 0 aromatic carbocycles. The number of hydrogen-bond donors (Lipinski definition) is 2. The normalized spacial score (nSPS) is 44.4. The fourth-order valence-corrected chi connectivity index (χ4v) is 4.44. The molecule has 3 fully saturated rings. The summed E-state index contributed by atoms with van der Waals surface area (Å²) in [5.41, 5.74) is 5.99. The minimum absolute atomic E-state index is 0.00919. The Morgan fingerprint density at radius 3 is 3.00 bits per heavy atom. The zero-order valence-corrected chi connectivity index (χ0v) is 11.3. The third kappa shape index (κ3) is 2.05. The number of carbonyl (C=O) groups is 1. The van der Waals surface area contributed by atoms with E-state index in [1.165, 1.54) is 25.7 Å². The van der Waals surface area contributed by atoms with E-state index < -0.39 is 0 Å². The summed E-state index contributed by atoms with van der Waals surface area (Å²) in [6, 6.07) is 0.00919. The number of carbonyl (C=O) groups excluding carboxylic acids is 1. The van der Waals surface area contributed by atoms with E-state index in [0.29, 0.717) is 11.3 Å². The molecule has 4 nitrogen and oxygen atoms in total. The van der Waals surface area contributed by atoms with Crippen molar-refractivity contribution < 1.29 is 4.79 Å². The lowest BCUT2D eigenvalue weighted by atomic mass is 9.88.